The summed E-state index contributed by atoms with van der Waals surface area (Å²) in [4.78, 5) is 17.4. The smallest absolute Gasteiger partial charge is 0.255 e. The van der Waals surface area contributed by atoms with Crippen LogP contribution in [-0.2, 0) is 13.0 Å². The first-order valence-electron chi connectivity index (χ1n) is 12.6. The first-order valence-corrected chi connectivity index (χ1v) is 12.6. The first-order chi connectivity index (χ1) is 17.7. The molecule has 1 N–H and O–H groups in total. The zero-order valence-corrected chi connectivity index (χ0v) is 20.6. The zero-order valence-electron chi connectivity index (χ0n) is 20.6. The number of nitrogens with zero attached hydrogens (tertiary/aromatic N) is 2. The molecule has 0 bridgehead atoms. The van der Waals surface area contributed by atoms with E-state index in [-0.39, 0.29) is 5.91 Å². The Hall–Kier alpha value is -4.12. The van der Waals surface area contributed by atoms with E-state index in [9.17, 15) is 4.79 Å². The average molecular weight is 478 g/mol. The number of imidazole rings is 1. The van der Waals surface area contributed by atoms with Crippen molar-refractivity contribution < 1.29 is 9.53 Å². The van der Waals surface area contributed by atoms with Gasteiger partial charge in [0.15, 0.2) is 0 Å². The number of carbonyl (C=O) groups is 1. The van der Waals surface area contributed by atoms with E-state index in [4.69, 9.17) is 9.72 Å². The summed E-state index contributed by atoms with van der Waals surface area (Å²) in [5.74, 6) is 1.62. The largest absolute Gasteiger partial charge is 0.496 e. The summed E-state index contributed by atoms with van der Waals surface area (Å²) in [6.45, 7) is 1.44. The molecule has 182 valence electrons. The molecular weight excluding hydrogens is 446 g/mol. The Morgan fingerprint density at radius 2 is 1.64 bits per heavy atom. The molecule has 5 nitrogen and oxygen atoms in total. The van der Waals surface area contributed by atoms with Gasteiger partial charge in [0.05, 0.1) is 23.7 Å². The highest BCUT2D eigenvalue weighted by molar-refractivity contribution is 5.96. The number of methoxy groups -OCH3 is 1. The normalized spacial score (nSPS) is 11.1. The second kappa shape index (κ2) is 11.1. The van der Waals surface area contributed by atoms with E-state index in [1.54, 1.807) is 19.2 Å². The van der Waals surface area contributed by atoms with Crippen LogP contribution in [0.1, 0.15) is 41.0 Å². The summed E-state index contributed by atoms with van der Waals surface area (Å²) < 4.78 is 7.64. The van der Waals surface area contributed by atoms with Gasteiger partial charge in [-0.05, 0) is 59.5 Å². The van der Waals surface area contributed by atoms with Crippen LogP contribution in [0.3, 0.4) is 0 Å². The van der Waals surface area contributed by atoms with Crippen LogP contribution in [0.4, 0.5) is 0 Å². The number of nitrogens with one attached hydrogen (secondary N) is 1. The third kappa shape index (κ3) is 5.25. The van der Waals surface area contributed by atoms with Crippen LogP contribution in [0.15, 0.2) is 91.0 Å². The lowest BCUT2D eigenvalue weighted by Gasteiger charge is -2.11. The van der Waals surface area contributed by atoms with Crippen LogP contribution < -0.4 is 10.1 Å². The quantitative estimate of drug-likeness (QED) is 0.237. The van der Waals surface area contributed by atoms with Crippen LogP contribution in [0.5, 0.6) is 5.75 Å². The van der Waals surface area contributed by atoms with Crippen molar-refractivity contribution in [3.05, 3.63) is 108 Å². The summed E-state index contributed by atoms with van der Waals surface area (Å²) >= 11 is 0. The number of fused-ring (bicyclic) bond motifs is 2. The van der Waals surface area contributed by atoms with E-state index in [2.05, 4.69) is 70.5 Å². The average Bonchev–Trinajstić information content (AvgIpc) is 3.27. The second-order valence-corrected chi connectivity index (χ2v) is 9.05. The van der Waals surface area contributed by atoms with Crippen molar-refractivity contribution in [1.82, 2.24) is 14.9 Å². The van der Waals surface area contributed by atoms with Gasteiger partial charge in [-0.1, -0.05) is 67.1 Å². The summed E-state index contributed by atoms with van der Waals surface area (Å²) in [7, 11) is 1.58. The van der Waals surface area contributed by atoms with Gasteiger partial charge in [-0.15, -0.1) is 0 Å². The highest BCUT2D eigenvalue weighted by atomic mass is 16.5. The van der Waals surface area contributed by atoms with Crippen molar-refractivity contribution in [2.45, 2.75) is 32.2 Å². The predicted octanol–water partition coefficient (Wildman–Crippen LogP) is 6.39. The Morgan fingerprint density at radius 1 is 0.861 bits per heavy atom. The van der Waals surface area contributed by atoms with E-state index >= 15 is 0 Å². The predicted molar refractivity (Wildman–Crippen MR) is 146 cm³/mol. The van der Waals surface area contributed by atoms with Gasteiger partial charge in [0.2, 0.25) is 0 Å². The van der Waals surface area contributed by atoms with E-state index in [0.717, 1.165) is 43.6 Å². The van der Waals surface area contributed by atoms with Crippen LogP contribution in [0.2, 0.25) is 0 Å². The van der Waals surface area contributed by atoms with Crippen molar-refractivity contribution >= 4 is 27.7 Å². The lowest BCUT2D eigenvalue weighted by atomic mass is 10.1. The first kappa shape index (κ1) is 23.6. The molecule has 0 unspecified atom stereocenters. The Bertz CT molecular complexity index is 1490. The van der Waals surface area contributed by atoms with E-state index in [1.165, 1.54) is 21.9 Å². The fourth-order valence-electron chi connectivity index (χ4n) is 4.73. The highest BCUT2D eigenvalue weighted by Crippen LogP contribution is 2.22. The Labute approximate surface area is 211 Å². The summed E-state index contributed by atoms with van der Waals surface area (Å²) in [5.41, 5.74) is 4.06. The number of hydrogen-bond donors (Lipinski definition) is 1. The molecule has 1 amide bonds. The molecule has 0 saturated carbocycles. The molecule has 1 heterocycles. The lowest BCUT2D eigenvalue weighted by molar-refractivity contribution is 0.0950. The maximum Gasteiger partial charge on any atom is 0.255 e. The fourth-order valence-corrected chi connectivity index (χ4v) is 4.73. The summed E-state index contributed by atoms with van der Waals surface area (Å²) in [5, 5.41) is 5.53. The molecule has 0 radical (unpaired) electrons. The van der Waals surface area contributed by atoms with Crippen molar-refractivity contribution in [3.8, 4) is 5.75 Å². The maximum atomic E-state index is 12.5. The molecule has 5 aromatic rings. The summed E-state index contributed by atoms with van der Waals surface area (Å²) in [6.07, 6.45) is 3.87. The molecule has 5 heteroatoms. The van der Waals surface area contributed by atoms with Crippen molar-refractivity contribution in [1.29, 1.82) is 0 Å². The molecular formula is C31H31N3O2. The number of benzene rings is 4. The lowest BCUT2D eigenvalue weighted by Crippen LogP contribution is -2.24. The SMILES string of the molecule is COc1ccccc1C(=O)NCCCCCc1nc2ccccc2n1Cc1ccc2ccccc2c1. The van der Waals surface area contributed by atoms with Crippen molar-refractivity contribution in [2.75, 3.05) is 13.7 Å². The minimum Gasteiger partial charge on any atom is -0.496 e. The number of aromatic nitrogens is 2. The van der Waals surface area contributed by atoms with Crippen LogP contribution in [0.25, 0.3) is 21.8 Å². The Kier molecular flexibility index (Phi) is 7.27. The molecule has 0 fully saturated rings. The van der Waals surface area contributed by atoms with Gasteiger partial charge >= 0.3 is 0 Å². The Morgan fingerprint density at radius 3 is 2.53 bits per heavy atom. The molecule has 0 aliphatic heterocycles. The molecule has 0 aliphatic rings. The minimum absolute atomic E-state index is 0.0929. The van der Waals surface area contributed by atoms with Crippen LogP contribution >= 0.6 is 0 Å². The molecule has 4 aromatic carbocycles. The number of amides is 1. The van der Waals surface area contributed by atoms with Crippen molar-refractivity contribution in [3.63, 3.8) is 0 Å². The monoisotopic (exact) mass is 477 g/mol. The molecule has 0 atom stereocenters. The van der Waals surface area contributed by atoms with Gasteiger partial charge in [0, 0.05) is 19.5 Å². The number of ether oxygens (including phenoxy) is 1. The number of hydrogen-bond acceptors (Lipinski definition) is 3. The van der Waals surface area contributed by atoms with Crippen LogP contribution in [0, 0.1) is 0 Å². The fraction of sp³-hybridized carbons (Fsp3) is 0.226. The molecule has 0 spiro atoms. The molecule has 36 heavy (non-hydrogen) atoms. The second-order valence-electron chi connectivity index (χ2n) is 9.05. The zero-order chi connectivity index (χ0) is 24.7. The van der Waals surface area contributed by atoms with Gasteiger partial charge in [0.1, 0.15) is 11.6 Å². The number of rotatable bonds is 10. The molecule has 1 aromatic heterocycles. The molecule has 0 aliphatic carbocycles. The molecule has 0 saturated heterocycles. The minimum atomic E-state index is -0.0929. The highest BCUT2D eigenvalue weighted by Gasteiger charge is 2.12. The van der Waals surface area contributed by atoms with Gasteiger partial charge in [-0.3, -0.25) is 4.79 Å². The topological polar surface area (TPSA) is 56.1 Å². The van der Waals surface area contributed by atoms with Gasteiger partial charge < -0.3 is 14.6 Å². The summed E-state index contributed by atoms with van der Waals surface area (Å²) in [6, 6.07) is 30.8. The third-order valence-electron chi connectivity index (χ3n) is 6.60. The van der Waals surface area contributed by atoms with E-state index in [0.29, 0.717) is 17.9 Å². The Balaban J connectivity index is 1.20. The van der Waals surface area contributed by atoms with E-state index < -0.39 is 0 Å². The maximum absolute atomic E-state index is 12.5. The van der Waals surface area contributed by atoms with Crippen LogP contribution in [-0.4, -0.2) is 29.1 Å². The van der Waals surface area contributed by atoms with E-state index in [1.807, 2.05) is 18.2 Å². The number of carbonyl (C=O) groups excluding carboxylic acids is 1. The number of unbranched alkanes of at least 4 members (excludes halogenated alkanes) is 2. The third-order valence-corrected chi connectivity index (χ3v) is 6.60. The standard InChI is InChI=1S/C31H31N3O2/c1-36-29-16-9-6-13-26(29)31(35)32-20-10-2-3-17-30-33-27-14-7-8-15-28(27)34(30)22-23-18-19-24-11-4-5-12-25(24)21-23/h4-9,11-16,18-19,21H,2-3,10,17,20,22H2,1H3,(H,32,35). The number of aryl methyl sites for hydroxylation is 1. The van der Waals surface area contributed by atoms with Gasteiger partial charge in [-0.25, -0.2) is 4.98 Å². The molecule has 5 rings (SSSR count). The van der Waals surface area contributed by atoms with Gasteiger partial charge in [0.25, 0.3) is 5.91 Å². The van der Waals surface area contributed by atoms with Gasteiger partial charge in [-0.2, -0.15) is 0 Å². The number of para-hydroxylation sites is 3. The van der Waals surface area contributed by atoms with Crippen molar-refractivity contribution in [2.24, 2.45) is 0 Å².